The number of nitrogens with one attached hydrogen (secondary N) is 2. The Morgan fingerprint density at radius 2 is 2.08 bits per heavy atom. The maximum absolute atomic E-state index is 12.5. The zero-order valence-corrected chi connectivity index (χ0v) is 13.5. The highest BCUT2D eigenvalue weighted by molar-refractivity contribution is 6.07. The van der Waals surface area contributed by atoms with Crippen molar-refractivity contribution in [2.75, 3.05) is 17.2 Å². The number of para-hydroxylation sites is 1. The maximum atomic E-state index is 12.5. The predicted octanol–water partition coefficient (Wildman–Crippen LogP) is 3.06. The van der Waals surface area contributed by atoms with Gasteiger partial charge in [-0.25, -0.2) is 0 Å². The van der Waals surface area contributed by atoms with E-state index in [9.17, 15) is 9.59 Å². The number of benzene rings is 2. The molecular formula is C18H18N2O4. The van der Waals surface area contributed by atoms with Gasteiger partial charge >= 0.3 is 0 Å². The third-order valence-corrected chi connectivity index (χ3v) is 3.60. The number of hydrogen-bond acceptors (Lipinski definition) is 4. The third kappa shape index (κ3) is 3.17. The standard InChI is InChI=1S/C18H18N2O4/c1-3-23-15-7-5-4-6-13(15)18(22)19-12-8-9-16-14(10-12)20-17(21)11(2)24-16/h4-11H,3H2,1-2H3,(H,19,22)(H,20,21)/t11-/m1/s1. The summed E-state index contributed by atoms with van der Waals surface area (Å²) in [4.78, 5) is 24.2. The Kier molecular flexibility index (Phi) is 4.37. The largest absolute Gasteiger partial charge is 0.493 e. The van der Waals surface area contributed by atoms with E-state index in [0.29, 0.717) is 35.0 Å². The van der Waals surface area contributed by atoms with Gasteiger partial charge in [-0.05, 0) is 44.2 Å². The molecule has 6 nitrogen and oxygen atoms in total. The summed E-state index contributed by atoms with van der Waals surface area (Å²) in [5.74, 6) is 0.610. The first-order valence-corrected chi connectivity index (χ1v) is 7.73. The van der Waals surface area contributed by atoms with Crippen LogP contribution in [0.1, 0.15) is 24.2 Å². The minimum absolute atomic E-state index is 0.215. The quantitative estimate of drug-likeness (QED) is 0.905. The van der Waals surface area contributed by atoms with Crippen LogP contribution in [-0.4, -0.2) is 24.5 Å². The van der Waals surface area contributed by atoms with Gasteiger partial charge in [0.25, 0.3) is 11.8 Å². The highest BCUT2D eigenvalue weighted by Gasteiger charge is 2.23. The topological polar surface area (TPSA) is 76.7 Å². The molecule has 0 radical (unpaired) electrons. The van der Waals surface area contributed by atoms with Crippen molar-refractivity contribution < 1.29 is 19.1 Å². The molecule has 1 aliphatic rings. The monoisotopic (exact) mass is 326 g/mol. The van der Waals surface area contributed by atoms with Gasteiger partial charge in [0.15, 0.2) is 6.10 Å². The van der Waals surface area contributed by atoms with Crippen molar-refractivity contribution in [2.24, 2.45) is 0 Å². The number of anilines is 2. The van der Waals surface area contributed by atoms with Crippen LogP contribution in [0.4, 0.5) is 11.4 Å². The number of ether oxygens (including phenoxy) is 2. The number of rotatable bonds is 4. The van der Waals surface area contributed by atoms with Crippen LogP contribution in [0.25, 0.3) is 0 Å². The molecule has 2 aromatic rings. The van der Waals surface area contributed by atoms with Gasteiger partial charge in [-0.2, -0.15) is 0 Å². The summed E-state index contributed by atoms with van der Waals surface area (Å²) < 4.78 is 11.0. The van der Waals surface area contributed by atoms with E-state index in [0.717, 1.165) is 0 Å². The van der Waals surface area contributed by atoms with Gasteiger partial charge in [0.1, 0.15) is 11.5 Å². The lowest BCUT2D eigenvalue weighted by atomic mass is 10.1. The molecule has 0 aromatic heterocycles. The Morgan fingerprint density at radius 1 is 1.29 bits per heavy atom. The molecule has 1 atom stereocenters. The van der Waals surface area contributed by atoms with E-state index in [4.69, 9.17) is 9.47 Å². The van der Waals surface area contributed by atoms with Crippen LogP contribution in [0.3, 0.4) is 0 Å². The molecule has 24 heavy (non-hydrogen) atoms. The highest BCUT2D eigenvalue weighted by Crippen LogP contribution is 2.32. The summed E-state index contributed by atoms with van der Waals surface area (Å²) in [7, 11) is 0. The zero-order valence-electron chi connectivity index (χ0n) is 13.5. The molecule has 1 heterocycles. The fourth-order valence-corrected chi connectivity index (χ4v) is 2.42. The van der Waals surface area contributed by atoms with E-state index in [-0.39, 0.29) is 11.8 Å². The highest BCUT2D eigenvalue weighted by atomic mass is 16.5. The van der Waals surface area contributed by atoms with Crippen LogP contribution in [-0.2, 0) is 4.79 Å². The van der Waals surface area contributed by atoms with Gasteiger partial charge < -0.3 is 20.1 Å². The third-order valence-electron chi connectivity index (χ3n) is 3.60. The molecule has 0 saturated heterocycles. The molecule has 124 valence electrons. The SMILES string of the molecule is CCOc1ccccc1C(=O)Nc1ccc2c(c1)NC(=O)[C@@H](C)O2. The van der Waals surface area contributed by atoms with Gasteiger partial charge in [0, 0.05) is 5.69 Å². The number of amides is 2. The second-order valence-corrected chi connectivity index (χ2v) is 5.34. The zero-order chi connectivity index (χ0) is 17.1. The van der Waals surface area contributed by atoms with Gasteiger partial charge in [-0.3, -0.25) is 9.59 Å². The molecule has 0 spiro atoms. The summed E-state index contributed by atoms with van der Waals surface area (Å²) in [6, 6.07) is 12.2. The first-order chi connectivity index (χ1) is 11.6. The molecule has 2 amide bonds. The van der Waals surface area contributed by atoms with Crippen LogP contribution in [0, 0.1) is 0 Å². The lowest BCUT2D eigenvalue weighted by molar-refractivity contribution is -0.122. The van der Waals surface area contributed by atoms with Gasteiger partial charge in [0.2, 0.25) is 0 Å². The van der Waals surface area contributed by atoms with Gasteiger partial charge in [-0.15, -0.1) is 0 Å². The average molecular weight is 326 g/mol. The first-order valence-electron chi connectivity index (χ1n) is 7.73. The van der Waals surface area contributed by atoms with Crippen molar-refractivity contribution in [3.8, 4) is 11.5 Å². The fourth-order valence-electron chi connectivity index (χ4n) is 2.42. The van der Waals surface area contributed by atoms with Gasteiger partial charge in [0.05, 0.1) is 17.9 Å². The Labute approximate surface area is 139 Å². The Balaban J connectivity index is 1.81. The van der Waals surface area contributed by atoms with Crippen LogP contribution in [0.5, 0.6) is 11.5 Å². The molecule has 2 N–H and O–H groups in total. The smallest absolute Gasteiger partial charge is 0.265 e. The molecule has 1 aliphatic heterocycles. The molecule has 0 aliphatic carbocycles. The van der Waals surface area contributed by atoms with Crippen molar-refractivity contribution in [3.05, 3.63) is 48.0 Å². The summed E-state index contributed by atoms with van der Waals surface area (Å²) >= 11 is 0. The van der Waals surface area contributed by atoms with Crippen molar-refractivity contribution in [2.45, 2.75) is 20.0 Å². The van der Waals surface area contributed by atoms with Crippen molar-refractivity contribution in [1.82, 2.24) is 0 Å². The second kappa shape index (κ2) is 6.62. The average Bonchev–Trinajstić information content (AvgIpc) is 2.57. The fraction of sp³-hybridized carbons (Fsp3) is 0.222. The number of carbonyl (C=O) groups excluding carboxylic acids is 2. The first kappa shape index (κ1) is 15.9. The normalized spacial score (nSPS) is 15.8. The number of carbonyl (C=O) groups is 2. The van der Waals surface area contributed by atoms with Crippen LogP contribution >= 0.6 is 0 Å². The Morgan fingerprint density at radius 3 is 2.88 bits per heavy atom. The number of hydrogen-bond donors (Lipinski definition) is 2. The number of fused-ring (bicyclic) bond motifs is 1. The molecule has 0 bridgehead atoms. The lowest BCUT2D eigenvalue weighted by Gasteiger charge is -2.23. The molecular weight excluding hydrogens is 308 g/mol. The summed E-state index contributed by atoms with van der Waals surface area (Å²) in [6.07, 6.45) is -0.531. The Hall–Kier alpha value is -3.02. The van der Waals surface area contributed by atoms with Crippen LogP contribution in [0.2, 0.25) is 0 Å². The summed E-state index contributed by atoms with van der Waals surface area (Å²) in [6.45, 7) is 4.02. The Bertz CT molecular complexity index is 788. The molecule has 0 unspecified atom stereocenters. The van der Waals surface area contributed by atoms with Crippen LogP contribution in [0.15, 0.2) is 42.5 Å². The minimum atomic E-state index is -0.531. The molecule has 0 fully saturated rings. The van der Waals surface area contributed by atoms with Crippen molar-refractivity contribution >= 4 is 23.2 Å². The molecule has 0 saturated carbocycles. The van der Waals surface area contributed by atoms with E-state index in [2.05, 4.69) is 10.6 Å². The van der Waals surface area contributed by atoms with Gasteiger partial charge in [-0.1, -0.05) is 12.1 Å². The maximum Gasteiger partial charge on any atom is 0.265 e. The van der Waals surface area contributed by atoms with E-state index in [1.807, 2.05) is 13.0 Å². The molecule has 6 heteroatoms. The molecule has 3 rings (SSSR count). The van der Waals surface area contributed by atoms with Crippen LogP contribution < -0.4 is 20.1 Å². The minimum Gasteiger partial charge on any atom is -0.493 e. The second-order valence-electron chi connectivity index (χ2n) is 5.34. The van der Waals surface area contributed by atoms with E-state index >= 15 is 0 Å². The van der Waals surface area contributed by atoms with Crippen molar-refractivity contribution in [1.29, 1.82) is 0 Å². The summed E-state index contributed by atoms with van der Waals surface area (Å²) in [5, 5.41) is 5.56. The van der Waals surface area contributed by atoms with Crippen molar-refractivity contribution in [3.63, 3.8) is 0 Å². The predicted molar refractivity (Wildman–Crippen MR) is 90.7 cm³/mol. The van der Waals surface area contributed by atoms with E-state index in [1.165, 1.54) is 0 Å². The summed E-state index contributed by atoms with van der Waals surface area (Å²) in [5.41, 5.74) is 1.54. The van der Waals surface area contributed by atoms with E-state index < -0.39 is 6.10 Å². The molecule has 2 aromatic carbocycles. The lowest BCUT2D eigenvalue weighted by Crippen LogP contribution is -2.34. The van der Waals surface area contributed by atoms with E-state index in [1.54, 1.807) is 43.3 Å².